The Morgan fingerprint density at radius 3 is 2.60 bits per heavy atom. The number of likely N-dealkylation sites (tertiary alicyclic amines) is 1. The number of hydrogen-bond donors (Lipinski definition) is 2. The van der Waals surface area contributed by atoms with Crippen LogP contribution in [0.4, 0.5) is 0 Å². The van der Waals surface area contributed by atoms with Crippen LogP contribution in [0.1, 0.15) is 50.2 Å². The van der Waals surface area contributed by atoms with E-state index in [4.69, 9.17) is 0 Å². The summed E-state index contributed by atoms with van der Waals surface area (Å²) in [6, 6.07) is 0. The van der Waals surface area contributed by atoms with Crippen LogP contribution in [0.5, 0.6) is 0 Å². The number of hydrogen-bond acceptors (Lipinski definition) is 4. The maximum atomic E-state index is 4.30. The third kappa shape index (κ3) is 6.09. The molecule has 3 heterocycles. The van der Waals surface area contributed by atoms with Gasteiger partial charge in [0, 0.05) is 26.6 Å². The van der Waals surface area contributed by atoms with Gasteiger partial charge in [-0.1, -0.05) is 12.8 Å². The summed E-state index contributed by atoms with van der Waals surface area (Å²) in [6.07, 6.45) is 8.91. The fourth-order valence-electron chi connectivity index (χ4n) is 3.59. The van der Waals surface area contributed by atoms with E-state index >= 15 is 0 Å². The summed E-state index contributed by atoms with van der Waals surface area (Å²) in [5.41, 5.74) is 0. The molecule has 8 heteroatoms. The Morgan fingerprint density at radius 2 is 1.84 bits per heavy atom. The van der Waals surface area contributed by atoms with Crippen molar-refractivity contribution in [2.24, 2.45) is 4.99 Å². The molecular weight excluding hydrogens is 429 g/mol. The highest BCUT2D eigenvalue weighted by Gasteiger charge is 2.17. The van der Waals surface area contributed by atoms with Crippen molar-refractivity contribution in [3.05, 3.63) is 11.6 Å². The molecule has 2 aliphatic rings. The number of nitrogens with zero attached hydrogens (tertiary/aromatic N) is 5. The zero-order valence-corrected chi connectivity index (χ0v) is 17.7. The number of nitrogens with one attached hydrogen (secondary N) is 2. The molecule has 25 heavy (non-hydrogen) atoms. The van der Waals surface area contributed by atoms with Gasteiger partial charge in [0.1, 0.15) is 5.82 Å². The normalized spacial score (nSPS) is 18.4. The van der Waals surface area contributed by atoms with E-state index in [1.54, 1.807) is 0 Å². The molecule has 142 valence electrons. The summed E-state index contributed by atoms with van der Waals surface area (Å²) in [5.74, 6) is 2.98. The zero-order valence-electron chi connectivity index (χ0n) is 15.3. The van der Waals surface area contributed by atoms with Gasteiger partial charge in [-0.3, -0.25) is 4.99 Å². The van der Waals surface area contributed by atoms with Gasteiger partial charge in [0.2, 0.25) is 0 Å². The van der Waals surface area contributed by atoms with Crippen LogP contribution in [0, 0.1) is 0 Å². The van der Waals surface area contributed by atoms with Crippen molar-refractivity contribution in [1.29, 1.82) is 0 Å². The molecule has 0 amide bonds. The van der Waals surface area contributed by atoms with Crippen molar-refractivity contribution >= 4 is 29.9 Å². The molecule has 0 unspecified atom stereocenters. The van der Waals surface area contributed by atoms with E-state index in [0.717, 1.165) is 43.5 Å². The first-order chi connectivity index (χ1) is 11.9. The molecule has 7 nitrogen and oxygen atoms in total. The monoisotopic (exact) mass is 461 g/mol. The molecule has 2 aliphatic heterocycles. The number of aromatic nitrogens is 3. The third-order valence-corrected chi connectivity index (χ3v) is 4.97. The summed E-state index contributed by atoms with van der Waals surface area (Å²) in [5, 5.41) is 15.3. The number of halogens is 1. The number of aliphatic imine (C=N–C) groups is 1. The van der Waals surface area contributed by atoms with E-state index in [1.165, 1.54) is 51.7 Å². The first-order valence-corrected chi connectivity index (χ1v) is 9.44. The number of fused-ring (bicyclic) bond motifs is 1. The van der Waals surface area contributed by atoms with E-state index < -0.39 is 0 Å². The molecule has 1 fully saturated rings. The first-order valence-electron chi connectivity index (χ1n) is 9.44. The molecule has 0 saturated carbocycles. The highest BCUT2D eigenvalue weighted by atomic mass is 127. The van der Waals surface area contributed by atoms with E-state index in [9.17, 15) is 0 Å². The summed E-state index contributed by atoms with van der Waals surface area (Å²) in [7, 11) is 1.82. The van der Waals surface area contributed by atoms with Crippen LogP contribution in [0.15, 0.2) is 4.99 Å². The minimum absolute atomic E-state index is 0. The lowest BCUT2D eigenvalue weighted by Gasteiger charge is -2.20. The minimum atomic E-state index is 0. The van der Waals surface area contributed by atoms with Crippen molar-refractivity contribution in [3.63, 3.8) is 0 Å². The molecule has 1 aromatic heterocycles. The van der Waals surface area contributed by atoms with Crippen molar-refractivity contribution in [1.82, 2.24) is 30.3 Å². The molecule has 2 N–H and O–H groups in total. The average molecular weight is 461 g/mol. The zero-order chi connectivity index (χ0) is 16.6. The van der Waals surface area contributed by atoms with Crippen molar-refractivity contribution in [2.45, 2.75) is 58.0 Å². The van der Waals surface area contributed by atoms with Crippen LogP contribution in [0.3, 0.4) is 0 Å². The summed E-state index contributed by atoms with van der Waals surface area (Å²) >= 11 is 0. The van der Waals surface area contributed by atoms with E-state index in [0.29, 0.717) is 6.54 Å². The van der Waals surface area contributed by atoms with Gasteiger partial charge in [-0.05, 0) is 45.3 Å². The van der Waals surface area contributed by atoms with Crippen LogP contribution in [-0.2, 0) is 19.5 Å². The SMILES string of the molecule is CN=C(NCCCN1CCCCCC1)NCc1nnc2n1CCC2.I. The Kier molecular flexibility index (Phi) is 8.94. The van der Waals surface area contributed by atoms with Crippen LogP contribution < -0.4 is 10.6 Å². The second-order valence-electron chi connectivity index (χ2n) is 6.75. The largest absolute Gasteiger partial charge is 0.356 e. The summed E-state index contributed by atoms with van der Waals surface area (Å²) < 4.78 is 2.22. The Bertz CT molecular complexity index is 535. The number of guanidine groups is 1. The molecule has 1 aromatic rings. The topological polar surface area (TPSA) is 70.4 Å². The van der Waals surface area contributed by atoms with Crippen LogP contribution >= 0.6 is 24.0 Å². The van der Waals surface area contributed by atoms with E-state index in [1.807, 2.05) is 7.05 Å². The van der Waals surface area contributed by atoms with Crippen molar-refractivity contribution < 1.29 is 0 Å². The molecule has 3 rings (SSSR count). The molecular formula is C17H32IN7. The van der Waals surface area contributed by atoms with Gasteiger partial charge in [-0.2, -0.15) is 0 Å². The lowest BCUT2D eigenvalue weighted by molar-refractivity contribution is 0.282. The van der Waals surface area contributed by atoms with Gasteiger partial charge in [0.25, 0.3) is 0 Å². The van der Waals surface area contributed by atoms with Gasteiger partial charge in [0.05, 0.1) is 6.54 Å². The molecule has 0 aromatic carbocycles. The first kappa shape index (κ1) is 20.4. The number of rotatable bonds is 6. The van der Waals surface area contributed by atoms with Crippen LogP contribution in [0.2, 0.25) is 0 Å². The molecule has 0 atom stereocenters. The smallest absolute Gasteiger partial charge is 0.191 e. The predicted octanol–water partition coefficient (Wildman–Crippen LogP) is 1.77. The van der Waals surface area contributed by atoms with Gasteiger partial charge >= 0.3 is 0 Å². The highest BCUT2D eigenvalue weighted by Crippen LogP contribution is 2.13. The molecule has 0 aliphatic carbocycles. The molecule has 1 saturated heterocycles. The Balaban J connectivity index is 0.00000225. The quantitative estimate of drug-likeness (QED) is 0.293. The predicted molar refractivity (Wildman–Crippen MR) is 111 cm³/mol. The lowest BCUT2D eigenvalue weighted by Crippen LogP contribution is -2.39. The summed E-state index contributed by atoms with van der Waals surface area (Å²) in [6.45, 7) is 6.39. The fourth-order valence-corrected chi connectivity index (χ4v) is 3.59. The molecule has 0 radical (unpaired) electrons. The van der Waals surface area contributed by atoms with Crippen molar-refractivity contribution in [3.8, 4) is 0 Å². The fraction of sp³-hybridized carbons (Fsp3) is 0.824. The van der Waals surface area contributed by atoms with Gasteiger partial charge in [-0.15, -0.1) is 34.2 Å². The second kappa shape index (κ2) is 10.9. The lowest BCUT2D eigenvalue weighted by atomic mass is 10.2. The summed E-state index contributed by atoms with van der Waals surface area (Å²) in [4.78, 5) is 6.91. The number of aryl methyl sites for hydroxylation is 1. The third-order valence-electron chi connectivity index (χ3n) is 4.97. The molecule has 0 spiro atoms. The van der Waals surface area contributed by atoms with Gasteiger partial charge < -0.3 is 20.1 Å². The Hall–Kier alpha value is -0.900. The maximum absolute atomic E-state index is 4.30. The van der Waals surface area contributed by atoms with Gasteiger partial charge in [-0.25, -0.2) is 0 Å². The minimum Gasteiger partial charge on any atom is -0.356 e. The molecule has 0 bridgehead atoms. The van der Waals surface area contributed by atoms with E-state index in [2.05, 4.69) is 35.3 Å². The van der Waals surface area contributed by atoms with E-state index in [-0.39, 0.29) is 24.0 Å². The standard InChI is InChI=1S/C17H31N7.HI/c1-18-17(19-9-7-12-23-10-4-2-3-5-11-23)20-14-16-22-21-15-8-6-13-24(15)16;/h2-14H2,1H3,(H2,18,19,20);1H. The second-order valence-corrected chi connectivity index (χ2v) is 6.75. The van der Waals surface area contributed by atoms with Gasteiger partial charge in [0.15, 0.2) is 11.8 Å². The Morgan fingerprint density at radius 1 is 1.04 bits per heavy atom. The highest BCUT2D eigenvalue weighted by molar-refractivity contribution is 14.0. The maximum Gasteiger partial charge on any atom is 0.191 e. The average Bonchev–Trinajstić information content (AvgIpc) is 3.11. The van der Waals surface area contributed by atoms with Crippen molar-refractivity contribution in [2.75, 3.05) is 33.2 Å². The van der Waals surface area contributed by atoms with Crippen LogP contribution in [0.25, 0.3) is 0 Å². The Labute approximate surface area is 168 Å². The van der Waals surface area contributed by atoms with Crippen LogP contribution in [-0.4, -0.2) is 58.9 Å².